The molecule has 0 radical (unpaired) electrons. The van der Waals surface area contributed by atoms with E-state index in [2.05, 4.69) is 12.1 Å². The maximum atomic E-state index is 14.7. The summed E-state index contributed by atoms with van der Waals surface area (Å²) in [4.78, 5) is 60.7. The minimum absolute atomic E-state index is 0.131. The number of aliphatic hydroxyl groups is 1. The standard InChI is InChI=1S/C42H66N2O10/c1-13-31-42(9)34(44(39(49)54-42)22-18-17-21-29-19-15-14-16-20-29)27(4)32(45)25(2)24-41(8,50-12)36(28(5)35(47)40(6,7)38(48)52-31)53-37-33(46)30(43(10)11)23-26(3)51-37/h14-16,19-20,25-28,30-31,33-34,36-37,46H,13,17-18,21-24H2,1-12H3/t25-,26-,27-,28+,30+,31+,33-,34?,36-,37+,41+,42-/m1/s1. The van der Waals surface area contributed by atoms with E-state index in [0.29, 0.717) is 19.4 Å². The van der Waals surface area contributed by atoms with Crippen molar-refractivity contribution >= 4 is 23.6 Å². The van der Waals surface area contributed by atoms with Crippen molar-refractivity contribution in [2.24, 2.45) is 23.2 Å². The predicted molar refractivity (Wildman–Crippen MR) is 204 cm³/mol. The third-order valence-corrected chi connectivity index (χ3v) is 12.4. The number of carbonyl (C=O) groups is 4. The SMILES string of the molecule is CC[C@@H]1OC(=O)C(C)(C)C(=O)[C@H](C)[C@@H](O[C@@H]2O[C@H](C)C[C@H](N(C)C)[C@H]2O)[C@@](C)(OC)C[C@@H](C)C(=O)[C@@H](C)C2N(CCCCc3ccccc3)C(=O)O[C@@]21C. The molecule has 4 rings (SSSR count). The lowest BCUT2D eigenvalue weighted by atomic mass is 9.71. The molecular weight excluding hydrogens is 692 g/mol. The summed E-state index contributed by atoms with van der Waals surface area (Å²) >= 11 is 0. The largest absolute Gasteiger partial charge is 0.457 e. The van der Waals surface area contributed by atoms with E-state index in [4.69, 9.17) is 23.7 Å². The molecule has 0 bridgehead atoms. The Kier molecular flexibility index (Phi) is 14.2. The Hall–Kier alpha value is -2.90. The van der Waals surface area contributed by atoms with Gasteiger partial charge in [-0.1, -0.05) is 58.0 Å². The number of cyclic esters (lactones) is 1. The number of hydrogen-bond donors (Lipinski definition) is 1. The van der Waals surface area contributed by atoms with Crippen LogP contribution < -0.4 is 0 Å². The van der Waals surface area contributed by atoms with Gasteiger partial charge in [0.15, 0.2) is 17.7 Å². The fraction of sp³-hybridized carbons (Fsp3) is 0.762. The van der Waals surface area contributed by atoms with E-state index in [-0.39, 0.29) is 30.8 Å². The highest BCUT2D eigenvalue weighted by atomic mass is 16.7. The Morgan fingerprint density at radius 3 is 2.20 bits per heavy atom. The monoisotopic (exact) mass is 758 g/mol. The molecule has 3 fully saturated rings. The van der Waals surface area contributed by atoms with Gasteiger partial charge in [0, 0.05) is 37.5 Å². The summed E-state index contributed by atoms with van der Waals surface area (Å²) in [6, 6.07) is 9.09. The number of esters is 1. The number of carbonyl (C=O) groups excluding carboxylic acids is 4. The Morgan fingerprint density at radius 1 is 0.963 bits per heavy atom. The van der Waals surface area contributed by atoms with Crippen LogP contribution in [0.3, 0.4) is 0 Å². The molecule has 1 amide bonds. The van der Waals surface area contributed by atoms with E-state index in [1.165, 1.54) is 26.5 Å². The lowest BCUT2D eigenvalue weighted by Crippen LogP contribution is -2.61. The number of aryl methyl sites for hydroxylation is 1. The first kappa shape index (κ1) is 43.8. The van der Waals surface area contributed by atoms with Crippen LogP contribution in [-0.2, 0) is 44.5 Å². The number of Topliss-reactive ketones (excluding diaryl/α,β-unsaturated/α-hetero) is 2. The van der Waals surface area contributed by atoms with Crippen LogP contribution in [0.25, 0.3) is 0 Å². The van der Waals surface area contributed by atoms with E-state index in [1.807, 2.05) is 64.9 Å². The summed E-state index contributed by atoms with van der Waals surface area (Å²) in [6.45, 7) is 16.0. The van der Waals surface area contributed by atoms with Crippen LogP contribution in [-0.4, -0.2) is 120 Å². The molecule has 1 N–H and O–H groups in total. The van der Waals surface area contributed by atoms with Gasteiger partial charge in [-0.2, -0.15) is 0 Å². The van der Waals surface area contributed by atoms with E-state index >= 15 is 0 Å². The van der Waals surface area contributed by atoms with Gasteiger partial charge in [-0.25, -0.2) is 4.79 Å². The number of ketones is 2. The third-order valence-electron chi connectivity index (χ3n) is 12.4. The number of amides is 1. The summed E-state index contributed by atoms with van der Waals surface area (Å²) in [7, 11) is 5.26. The van der Waals surface area contributed by atoms with Gasteiger partial charge >= 0.3 is 12.1 Å². The number of hydrogen-bond acceptors (Lipinski definition) is 11. The van der Waals surface area contributed by atoms with Crippen LogP contribution in [0.2, 0.25) is 0 Å². The second kappa shape index (κ2) is 17.5. The molecule has 0 saturated carbocycles. The van der Waals surface area contributed by atoms with E-state index in [9.17, 15) is 24.3 Å². The molecule has 12 heteroatoms. The summed E-state index contributed by atoms with van der Waals surface area (Å²) < 4.78 is 31.4. The van der Waals surface area contributed by atoms with Gasteiger partial charge < -0.3 is 38.6 Å². The van der Waals surface area contributed by atoms with Gasteiger partial charge in [-0.3, -0.25) is 14.4 Å². The first-order chi connectivity index (χ1) is 25.2. The number of aliphatic hydroxyl groups excluding tert-OH is 1. The van der Waals surface area contributed by atoms with Gasteiger partial charge in [-0.15, -0.1) is 0 Å². The smallest absolute Gasteiger partial charge is 0.410 e. The Morgan fingerprint density at radius 2 is 1.61 bits per heavy atom. The van der Waals surface area contributed by atoms with Crippen molar-refractivity contribution in [3.63, 3.8) is 0 Å². The number of likely N-dealkylation sites (N-methyl/N-ethyl adjacent to an activating group) is 1. The summed E-state index contributed by atoms with van der Waals surface area (Å²) in [5.74, 6) is -3.69. The Labute approximate surface area is 322 Å². The summed E-state index contributed by atoms with van der Waals surface area (Å²) in [5, 5.41) is 11.5. The van der Waals surface area contributed by atoms with Gasteiger partial charge in [0.05, 0.1) is 23.9 Å². The zero-order valence-corrected chi connectivity index (χ0v) is 34.6. The zero-order valence-electron chi connectivity index (χ0n) is 34.6. The quantitative estimate of drug-likeness (QED) is 0.181. The molecule has 0 spiro atoms. The lowest BCUT2D eigenvalue weighted by Gasteiger charge is -2.47. The van der Waals surface area contributed by atoms with E-state index < -0.39 is 82.9 Å². The van der Waals surface area contributed by atoms with Crippen LogP contribution >= 0.6 is 0 Å². The van der Waals surface area contributed by atoms with Crippen molar-refractivity contribution in [3.8, 4) is 0 Å². The fourth-order valence-corrected chi connectivity index (χ4v) is 9.15. The van der Waals surface area contributed by atoms with Crippen molar-refractivity contribution in [1.29, 1.82) is 0 Å². The molecule has 1 aromatic rings. The van der Waals surface area contributed by atoms with Gasteiger partial charge in [0.2, 0.25) is 0 Å². The topological polar surface area (TPSA) is 141 Å². The van der Waals surface area contributed by atoms with Crippen LogP contribution in [0.5, 0.6) is 0 Å². The third kappa shape index (κ3) is 8.88. The number of nitrogens with zero attached hydrogens (tertiary/aromatic N) is 2. The lowest BCUT2D eigenvalue weighted by molar-refractivity contribution is -0.295. The number of ether oxygens (including phenoxy) is 5. The van der Waals surface area contributed by atoms with Crippen LogP contribution in [0.1, 0.15) is 100.0 Å². The predicted octanol–water partition coefficient (Wildman–Crippen LogP) is 5.60. The highest BCUT2D eigenvalue weighted by Gasteiger charge is 2.61. The minimum atomic E-state index is -1.66. The molecule has 3 heterocycles. The summed E-state index contributed by atoms with van der Waals surface area (Å²) in [5.41, 5.74) is -3.10. The van der Waals surface area contributed by atoms with Crippen LogP contribution in [0.15, 0.2) is 30.3 Å². The van der Waals surface area contributed by atoms with Crippen molar-refractivity contribution in [1.82, 2.24) is 9.80 Å². The second-order valence-electron chi connectivity index (χ2n) is 17.2. The molecule has 1 aromatic carbocycles. The molecule has 12 atom stereocenters. The molecule has 12 nitrogen and oxygen atoms in total. The van der Waals surface area contributed by atoms with Crippen molar-refractivity contribution in [3.05, 3.63) is 35.9 Å². The number of rotatable bonds is 10. The Bertz CT molecular complexity index is 1470. The zero-order chi connectivity index (χ0) is 40.3. The van der Waals surface area contributed by atoms with Crippen LogP contribution in [0, 0.1) is 23.2 Å². The van der Waals surface area contributed by atoms with Gasteiger partial charge in [0.25, 0.3) is 0 Å². The van der Waals surface area contributed by atoms with E-state index in [0.717, 1.165) is 12.8 Å². The molecule has 304 valence electrons. The highest BCUT2D eigenvalue weighted by molar-refractivity contribution is 6.04. The molecule has 0 aromatic heterocycles. The normalized spacial score (nSPS) is 38.1. The maximum Gasteiger partial charge on any atom is 0.410 e. The number of methoxy groups -OCH3 is 1. The van der Waals surface area contributed by atoms with E-state index in [1.54, 1.807) is 25.7 Å². The van der Waals surface area contributed by atoms with Gasteiger partial charge in [-0.05, 0) is 92.8 Å². The molecule has 54 heavy (non-hydrogen) atoms. The summed E-state index contributed by atoms with van der Waals surface area (Å²) in [6.07, 6.45) is -1.66. The Balaban J connectivity index is 1.75. The fourth-order valence-electron chi connectivity index (χ4n) is 9.15. The first-order valence-corrected chi connectivity index (χ1v) is 19.8. The highest BCUT2D eigenvalue weighted by Crippen LogP contribution is 2.44. The van der Waals surface area contributed by atoms with Gasteiger partial charge in [0.1, 0.15) is 23.4 Å². The number of unbranched alkanes of at least 4 members (excludes halogenated alkanes) is 1. The minimum Gasteiger partial charge on any atom is -0.457 e. The van der Waals surface area contributed by atoms with Crippen molar-refractivity contribution in [2.45, 2.75) is 155 Å². The number of benzene rings is 1. The van der Waals surface area contributed by atoms with Crippen molar-refractivity contribution < 1.29 is 48.0 Å². The average molecular weight is 759 g/mol. The molecule has 3 aliphatic rings. The molecule has 1 unspecified atom stereocenters. The maximum absolute atomic E-state index is 14.7. The second-order valence-corrected chi connectivity index (χ2v) is 17.2. The number of fused-ring (bicyclic) bond motifs is 1. The first-order valence-electron chi connectivity index (χ1n) is 19.8. The molecule has 3 aliphatic heterocycles. The molecule has 0 aliphatic carbocycles. The molecule has 3 saturated heterocycles. The average Bonchev–Trinajstić information content (AvgIpc) is 3.39. The van der Waals surface area contributed by atoms with Crippen molar-refractivity contribution in [2.75, 3.05) is 27.7 Å². The van der Waals surface area contributed by atoms with Crippen LogP contribution in [0.4, 0.5) is 4.79 Å². The molecular formula is C42H66N2O10.